The molecule has 0 amide bonds. The number of ether oxygens (including phenoxy) is 5. The standard InChI is InChI=1S/C27H26N2O7/c1-5-33-22-10-8-18(14-24(22)32-4)13-21(17-29)27(31)36-23-11-9-19(15-25(23)34-6-2)12-20(16-28)26(30)35-7-3/h8-15H,5-7H2,1-4H3. The molecule has 0 atom stereocenters. The third kappa shape index (κ3) is 7.37. The zero-order chi connectivity index (χ0) is 26.5. The van der Waals surface area contributed by atoms with E-state index < -0.39 is 11.9 Å². The summed E-state index contributed by atoms with van der Waals surface area (Å²) in [6, 6.07) is 13.1. The number of carbonyl (C=O) groups excluding carboxylic acids is 2. The van der Waals surface area contributed by atoms with Crippen molar-refractivity contribution in [1.29, 1.82) is 10.5 Å². The topological polar surface area (TPSA) is 128 Å². The van der Waals surface area contributed by atoms with Crippen molar-refractivity contribution in [3.05, 3.63) is 58.7 Å². The van der Waals surface area contributed by atoms with Gasteiger partial charge in [0, 0.05) is 0 Å². The summed E-state index contributed by atoms with van der Waals surface area (Å²) in [6.45, 7) is 6.08. The zero-order valence-corrected chi connectivity index (χ0v) is 20.5. The van der Waals surface area contributed by atoms with E-state index in [-0.39, 0.29) is 35.9 Å². The van der Waals surface area contributed by atoms with Gasteiger partial charge in [-0.25, -0.2) is 9.59 Å². The van der Waals surface area contributed by atoms with Crippen molar-refractivity contribution >= 4 is 24.1 Å². The number of esters is 2. The molecule has 0 unspecified atom stereocenters. The lowest BCUT2D eigenvalue weighted by Gasteiger charge is -2.12. The predicted octanol–water partition coefficient (Wildman–Crippen LogP) is 4.48. The lowest BCUT2D eigenvalue weighted by atomic mass is 10.1. The van der Waals surface area contributed by atoms with Crippen LogP contribution in [-0.4, -0.2) is 38.9 Å². The van der Waals surface area contributed by atoms with E-state index in [1.54, 1.807) is 38.1 Å². The van der Waals surface area contributed by atoms with Crippen molar-refractivity contribution in [2.45, 2.75) is 20.8 Å². The highest BCUT2D eigenvalue weighted by Gasteiger charge is 2.17. The molecular formula is C27H26N2O7. The molecule has 0 aliphatic heterocycles. The highest BCUT2D eigenvalue weighted by molar-refractivity contribution is 6.00. The monoisotopic (exact) mass is 490 g/mol. The fraction of sp³-hybridized carbons (Fsp3) is 0.259. The molecule has 0 saturated carbocycles. The zero-order valence-electron chi connectivity index (χ0n) is 20.5. The van der Waals surface area contributed by atoms with Crippen LogP contribution in [0, 0.1) is 22.7 Å². The van der Waals surface area contributed by atoms with E-state index in [0.717, 1.165) is 0 Å². The predicted molar refractivity (Wildman–Crippen MR) is 131 cm³/mol. The van der Waals surface area contributed by atoms with E-state index in [1.807, 2.05) is 13.0 Å². The first-order valence-corrected chi connectivity index (χ1v) is 11.1. The van der Waals surface area contributed by atoms with Gasteiger partial charge in [0.15, 0.2) is 23.0 Å². The second-order valence-corrected chi connectivity index (χ2v) is 6.93. The summed E-state index contributed by atoms with van der Waals surface area (Å²) in [5.41, 5.74) is 0.559. The summed E-state index contributed by atoms with van der Waals surface area (Å²) < 4.78 is 26.6. The van der Waals surface area contributed by atoms with Gasteiger partial charge in [-0.2, -0.15) is 10.5 Å². The fourth-order valence-electron chi connectivity index (χ4n) is 2.99. The van der Waals surface area contributed by atoms with Gasteiger partial charge >= 0.3 is 11.9 Å². The molecule has 2 rings (SSSR count). The molecule has 0 N–H and O–H groups in total. The Labute approximate surface area is 209 Å². The number of methoxy groups -OCH3 is 1. The molecule has 2 aromatic carbocycles. The maximum absolute atomic E-state index is 12.8. The van der Waals surface area contributed by atoms with Crippen molar-refractivity contribution in [3.63, 3.8) is 0 Å². The minimum atomic E-state index is -0.890. The molecule has 9 nitrogen and oxygen atoms in total. The van der Waals surface area contributed by atoms with Crippen molar-refractivity contribution in [2.24, 2.45) is 0 Å². The van der Waals surface area contributed by atoms with E-state index >= 15 is 0 Å². The Morgan fingerprint density at radius 1 is 0.750 bits per heavy atom. The van der Waals surface area contributed by atoms with E-state index in [1.165, 1.54) is 37.5 Å². The molecule has 36 heavy (non-hydrogen) atoms. The molecule has 9 heteroatoms. The molecule has 0 spiro atoms. The first-order chi connectivity index (χ1) is 17.4. The molecule has 0 aromatic heterocycles. The number of hydrogen-bond acceptors (Lipinski definition) is 9. The highest BCUT2D eigenvalue weighted by Crippen LogP contribution is 2.31. The number of hydrogen-bond donors (Lipinski definition) is 0. The lowest BCUT2D eigenvalue weighted by Crippen LogP contribution is -2.11. The normalized spacial score (nSPS) is 11.1. The third-order valence-corrected chi connectivity index (χ3v) is 4.54. The van der Waals surface area contributed by atoms with E-state index in [9.17, 15) is 20.1 Å². The maximum atomic E-state index is 12.8. The average Bonchev–Trinajstić information content (AvgIpc) is 2.88. The number of rotatable bonds is 11. The van der Waals surface area contributed by atoms with Crippen molar-refractivity contribution in [2.75, 3.05) is 26.9 Å². The highest BCUT2D eigenvalue weighted by atomic mass is 16.6. The Morgan fingerprint density at radius 3 is 1.81 bits per heavy atom. The Bertz CT molecular complexity index is 1250. The minimum absolute atomic E-state index is 0.0686. The van der Waals surface area contributed by atoms with Crippen molar-refractivity contribution < 1.29 is 33.3 Å². The number of nitriles is 2. The van der Waals surface area contributed by atoms with Gasteiger partial charge in [-0.15, -0.1) is 0 Å². The van der Waals surface area contributed by atoms with Crippen molar-refractivity contribution in [3.8, 4) is 35.1 Å². The molecule has 0 bridgehead atoms. The van der Waals surface area contributed by atoms with Crippen molar-refractivity contribution in [1.82, 2.24) is 0 Å². The first-order valence-electron chi connectivity index (χ1n) is 11.1. The Balaban J connectivity index is 2.34. The van der Waals surface area contributed by atoms with Gasteiger partial charge in [0.2, 0.25) is 0 Å². The average molecular weight is 491 g/mol. The fourth-order valence-corrected chi connectivity index (χ4v) is 2.99. The maximum Gasteiger partial charge on any atom is 0.354 e. The van der Waals surface area contributed by atoms with Crippen LogP contribution in [0.25, 0.3) is 12.2 Å². The molecule has 0 radical (unpaired) electrons. The van der Waals surface area contributed by atoms with Gasteiger partial charge in [0.1, 0.15) is 23.3 Å². The number of benzene rings is 2. The number of carbonyl (C=O) groups is 2. The summed E-state index contributed by atoms with van der Waals surface area (Å²) in [6.07, 6.45) is 2.71. The Kier molecular flexibility index (Phi) is 10.6. The van der Waals surface area contributed by atoms with E-state index in [4.69, 9.17) is 23.7 Å². The van der Waals surface area contributed by atoms with Crippen LogP contribution in [0.3, 0.4) is 0 Å². The summed E-state index contributed by atoms with van der Waals surface area (Å²) in [7, 11) is 1.49. The van der Waals surface area contributed by atoms with E-state index in [2.05, 4.69) is 0 Å². The quantitative estimate of drug-likeness (QED) is 0.194. The molecule has 186 valence electrons. The Hall–Kier alpha value is -4.76. The summed E-state index contributed by atoms with van der Waals surface area (Å²) >= 11 is 0. The molecule has 0 fully saturated rings. The van der Waals surface area contributed by atoms with E-state index in [0.29, 0.717) is 29.2 Å². The van der Waals surface area contributed by atoms with Gasteiger partial charge in [-0.3, -0.25) is 0 Å². The number of nitrogens with zero attached hydrogens (tertiary/aromatic N) is 2. The molecule has 0 saturated heterocycles. The van der Waals surface area contributed by atoms with Gasteiger partial charge in [-0.05, 0) is 68.3 Å². The minimum Gasteiger partial charge on any atom is -0.493 e. The second-order valence-electron chi connectivity index (χ2n) is 6.93. The molecule has 0 aliphatic carbocycles. The lowest BCUT2D eigenvalue weighted by molar-refractivity contribution is -0.138. The van der Waals surface area contributed by atoms with Crippen LogP contribution in [0.15, 0.2) is 47.5 Å². The van der Waals surface area contributed by atoms with Gasteiger partial charge < -0.3 is 23.7 Å². The third-order valence-electron chi connectivity index (χ3n) is 4.54. The van der Waals surface area contributed by atoms with Crippen LogP contribution in [0.1, 0.15) is 31.9 Å². The van der Waals surface area contributed by atoms with Gasteiger partial charge in [0.25, 0.3) is 0 Å². The van der Waals surface area contributed by atoms with Crippen LogP contribution < -0.4 is 18.9 Å². The smallest absolute Gasteiger partial charge is 0.354 e. The van der Waals surface area contributed by atoms with Gasteiger partial charge in [0.05, 0.1) is 26.9 Å². The second kappa shape index (κ2) is 13.8. The van der Waals surface area contributed by atoms with Crippen LogP contribution >= 0.6 is 0 Å². The van der Waals surface area contributed by atoms with Crippen LogP contribution in [0.5, 0.6) is 23.0 Å². The molecule has 0 heterocycles. The van der Waals surface area contributed by atoms with Gasteiger partial charge in [-0.1, -0.05) is 12.1 Å². The largest absolute Gasteiger partial charge is 0.493 e. The molecule has 2 aromatic rings. The first kappa shape index (κ1) is 27.5. The summed E-state index contributed by atoms with van der Waals surface area (Å²) in [5.74, 6) is -0.379. The SMILES string of the molecule is CCOC(=O)C(C#N)=Cc1ccc(OC(=O)C(C#N)=Cc2ccc(OCC)c(OC)c2)c(OCC)c1. The summed E-state index contributed by atoms with van der Waals surface area (Å²) in [4.78, 5) is 24.6. The van der Waals surface area contributed by atoms with Crippen LogP contribution in [-0.2, 0) is 14.3 Å². The molecular weight excluding hydrogens is 464 g/mol. The Morgan fingerprint density at radius 2 is 1.28 bits per heavy atom. The van der Waals surface area contributed by atoms with Crippen LogP contribution in [0.2, 0.25) is 0 Å². The summed E-state index contributed by atoms with van der Waals surface area (Å²) in [5, 5.41) is 18.8. The molecule has 0 aliphatic rings. The van der Waals surface area contributed by atoms with Crippen LogP contribution in [0.4, 0.5) is 0 Å².